The number of rotatable bonds is 5. The molecule has 3 aromatic carbocycles. The van der Waals surface area contributed by atoms with Crippen molar-refractivity contribution >= 4 is 21.4 Å². The third-order valence-corrected chi connectivity index (χ3v) is 8.94. The van der Waals surface area contributed by atoms with Crippen molar-refractivity contribution in [3.63, 3.8) is 0 Å². The van der Waals surface area contributed by atoms with Crippen molar-refractivity contribution in [2.45, 2.75) is 42.8 Å². The van der Waals surface area contributed by atoms with Crippen LogP contribution in [-0.2, 0) is 16.4 Å². The van der Waals surface area contributed by atoms with Gasteiger partial charge in [-0.05, 0) is 54.2 Å². The summed E-state index contributed by atoms with van der Waals surface area (Å²) in [5.41, 5.74) is 5.76. The van der Waals surface area contributed by atoms with Crippen LogP contribution in [0.4, 0.5) is 28.9 Å². The Balaban J connectivity index is 1.38. The summed E-state index contributed by atoms with van der Waals surface area (Å²) in [6, 6.07) is 6.51. The van der Waals surface area contributed by atoms with Gasteiger partial charge in [0.05, 0.1) is 34.0 Å². The van der Waals surface area contributed by atoms with Crippen LogP contribution < -0.4 is 26.2 Å². The maximum absolute atomic E-state index is 15.7. The lowest BCUT2D eigenvalue weighted by Gasteiger charge is -2.19. The molecule has 0 bridgehead atoms. The number of nitrogens with one attached hydrogen (secondary N) is 5. The van der Waals surface area contributed by atoms with Crippen LogP contribution in [0.15, 0.2) is 41.3 Å². The molecule has 1 aliphatic carbocycles. The number of fused-ring (bicyclic) bond motifs is 2. The summed E-state index contributed by atoms with van der Waals surface area (Å²) >= 11 is 0. The summed E-state index contributed by atoms with van der Waals surface area (Å²) in [5.74, 6) is -3.97. The molecule has 0 radical (unpaired) electrons. The Labute approximate surface area is 217 Å². The van der Waals surface area contributed by atoms with Gasteiger partial charge in [0, 0.05) is 24.2 Å². The number of halogens is 4. The molecule has 6 rings (SSSR count). The SMILES string of the molecule is CC1CCc2c1cc(F)cc2S(=O)(=O)Nc1ccc(F)c(-c2ccc3c(c2F)NNC3C2NCCN2)c1F. The third-order valence-electron chi connectivity index (χ3n) is 7.51. The topological polar surface area (TPSA) is 94.3 Å². The van der Waals surface area contributed by atoms with Gasteiger partial charge in [-0.2, -0.15) is 0 Å². The molecule has 12 heteroatoms. The Bertz CT molecular complexity index is 1560. The van der Waals surface area contributed by atoms with E-state index in [-0.39, 0.29) is 34.3 Å². The van der Waals surface area contributed by atoms with Crippen LogP contribution >= 0.6 is 0 Å². The van der Waals surface area contributed by atoms with Crippen LogP contribution in [-0.4, -0.2) is 27.7 Å². The van der Waals surface area contributed by atoms with E-state index in [2.05, 4.69) is 26.2 Å². The first-order valence-electron chi connectivity index (χ1n) is 12.3. The van der Waals surface area contributed by atoms with Crippen LogP contribution in [0.5, 0.6) is 0 Å². The van der Waals surface area contributed by atoms with Gasteiger partial charge in [0.1, 0.15) is 11.6 Å². The summed E-state index contributed by atoms with van der Waals surface area (Å²) < 4.78 is 89.1. The lowest BCUT2D eigenvalue weighted by molar-refractivity contribution is 0.423. The maximum atomic E-state index is 15.7. The highest BCUT2D eigenvalue weighted by Crippen LogP contribution is 2.41. The molecule has 1 fully saturated rings. The molecule has 0 aromatic heterocycles. The molecule has 0 saturated carbocycles. The average molecular weight is 548 g/mol. The number of hydrogen-bond acceptors (Lipinski definition) is 6. The Morgan fingerprint density at radius 2 is 1.71 bits per heavy atom. The number of hydrogen-bond donors (Lipinski definition) is 5. The monoisotopic (exact) mass is 547 g/mol. The molecule has 1 saturated heterocycles. The van der Waals surface area contributed by atoms with E-state index in [0.29, 0.717) is 29.5 Å². The first kappa shape index (κ1) is 25.1. The van der Waals surface area contributed by atoms with Gasteiger partial charge in [0.25, 0.3) is 10.0 Å². The summed E-state index contributed by atoms with van der Waals surface area (Å²) in [6.45, 7) is 3.37. The summed E-state index contributed by atoms with van der Waals surface area (Å²) in [4.78, 5) is -0.290. The molecule has 3 aliphatic rings. The molecule has 2 unspecified atom stereocenters. The number of sulfonamides is 1. The van der Waals surface area contributed by atoms with Crippen LogP contribution in [0.1, 0.15) is 42.0 Å². The zero-order valence-corrected chi connectivity index (χ0v) is 21.1. The minimum absolute atomic E-state index is 0.0190. The fraction of sp³-hybridized carbons (Fsp3) is 0.308. The Kier molecular flexibility index (Phi) is 6.10. The molecule has 0 amide bonds. The normalized spacial score (nSPS) is 20.9. The van der Waals surface area contributed by atoms with Gasteiger partial charge in [0.15, 0.2) is 11.6 Å². The van der Waals surface area contributed by atoms with E-state index in [1.54, 1.807) is 6.07 Å². The van der Waals surface area contributed by atoms with Crippen LogP contribution in [0.25, 0.3) is 11.1 Å². The van der Waals surface area contributed by atoms with E-state index in [1.165, 1.54) is 12.1 Å². The van der Waals surface area contributed by atoms with Gasteiger partial charge < -0.3 is 5.43 Å². The molecule has 5 N–H and O–H groups in total. The quantitative estimate of drug-likeness (QED) is 0.307. The van der Waals surface area contributed by atoms with E-state index in [9.17, 15) is 17.2 Å². The van der Waals surface area contributed by atoms with Gasteiger partial charge in [-0.15, -0.1) is 0 Å². The first-order valence-corrected chi connectivity index (χ1v) is 13.8. The highest BCUT2D eigenvalue weighted by Gasteiger charge is 2.35. The molecule has 2 atom stereocenters. The van der Waals surface area contributed by atoms with Crippen molar-refractivity contribution in [2.75, 3.05) is 23.2 Å². The molecule has 2 heterocycles. The van der Waals surface area contributed by atoms with Gasteiger partial charge in [0.2, 0.25) is 0 Å². The van der Waals surface area contributed by atoms with Crippen molar-refractivity contribution in [1.29, 1.82) is 0 Å². The van der Waals surface area contributed by atoms with E-state index in [1.807, 2.05) is 6.92 Å². The van der Waals surface area contributed by atoms with Crippen LogP contribution in [0, 0.1) is 23.3 Å². The van der Waals surface area contributed by atoms with E-state index < -0.39 is 44.5 Å². The van der Waals surface area contributed by atoms with Gasteiger partial charge >= 0.3 is 0 Å². The van der Waals surface area contributed by atoms with Crippen molar-refractivity contribution in [1.82, 2.24) is 16.1 Å². The minimum atomic E-state index is -4.44. The standard InChI is InChI=1S/C26H25F4N5O2S/c1-12-2-3-14-17(12)10-13(27)11-20(14)38(36,37)35-19-7-6-18(28)21(23(19)30)15-4-5-16-24(22(15)29)33-34-25(16)26-31-8-9-32-26/h4-7,10-12,25-26,31-35H,2-3,8-9H2,1H3. The van der Waals surface area contributed by atoms with Gasteiger partial charge in [-0.3, -0.25) is 15.4 Å². The molecular formula is C26H25F4N5O2S. The maximum Gasteiger partial charge on any atom is 0.262 e. The molecule has 3 aromatic rings. The fourth-order valence-corrected chi connectivity index (χ4v) is 6.97. The highest BCUT2D eigenvalue weighted by atomic mass is 32.2. The molecule has 7 nitrogen and oxygen atoms in total. The van der Waals surface area contributed by atoms with Gasteiger partial charge in [-0.1, -0.05) is 19.1 Å². The lowest BCUT2D eigenvalue weighted by Crippen LogP contribution is -2.42. The molecule has 38 heavy (non-hydrogen) atoms. The van der Waals surface area contributed by atoms with E-state index in [4.69, 9.17) is 0 Å². The van der Waals surface area contributed by atoms with Gasteiger partial charge in [-0.25, -0.2) is 31.4 Å². The van der Waals surface area contributed by atoms with Crippen molar-refractivity contribution in [3.05, 3.63) is 76.4 Å². The fourth-order valence-electron chi connectivity index (χ4n) is 5.60. The largest absolute Gasteiger partial charge is 0.318 e. The van der Waals surface area contributed by atoms with E-state index in [0.717, 1.165) is 31.3 Å². The zero-order chi connectivity index (χ0) is 26.8. The Hall–Kier alpha value is -3.19. The molecule has 2 aliphatic heterocycles. The summed E-state index contributed by atoms with van der Waals surface area (Å²) in [5, 5.41) is 6.49. The Morgan fingerprint density at radius 1 is 0.947 bits per heavy atom. The Morgan fingerprint density at radius 3 is 2.47 bits per heavy atom. The van der Waals surface area contributed by atoms with Crippen LogP contribution in [0.2, 0.25) is 0 Å². The minimum Gasteiger partial charge on any atom is -0.318 e. The van der Waals surface area contributed by atoms with Crippen molar-refractivity contribution in [3.8, 4) is 11.1 Å². The number of hydrazine groups is 1. The second kappa shape index (κ2) is 9.23. The lowest BCUT2D eigenvalue weighted by atomic mass is 9.97. The highest BCUT2D eigenvalue weighted by molar-refractivity contribution is 7.92. The zero-order valence-electron chi connectivity index (χ0n) is 20.3. The second-order valence-electron chi connectivity index (χ2n) is 9.83. The summed E-state index contributed by atoms with van der Waals surface area (Å²) in [7, 11) is -4.44. The average Bonchev–Trinajstić information content (AvgIpc) is 3.62. The van der Waals surface area contributed by atoms with Crippen molar-refractivity contribution < 1.29 is 26.0 Å². The molecular weight excluding hydrogens is 522 g/mol. The van der Waals surface area contributed by atoms with Crippen LogP contribution in [0.3, 0.4) is 0 Å². The predicted molar refractivity (Wildman–Crippen MR) is 135 cm³/mol. The number of anilines is 2. The van der Waals surface area contributed by atoms with Crippen molar-refractivity contribution in [2.24, 2.45) is 0 Å². The molecule has 200 valence electrons. The first-order chi connectivity index (χ1) is 18.2. The molecule has 0 spiro atoms. The predicted octanol–water partition coefficient (Wildman–Crippen LogP) is 4.25. The van der Waals surface area contributed by atoms with E-state index >= 15 is 8.78 Å². The smallest absolute Gasteiger partial charge is 0.262 e. The number of benzene rings is 3. The third kappa shape index (κ3) is 4.03. The second-order valence-corrected chi connectivity index (χ2v) is 11.5. The summed E-state index contributed by atoms with van der Waals surface area (Å²) in [6.07, 6.45) is 0.927.